The van der Waals surface area contributed by atoms with E-state index < -0.39 is 280 Å². The van der Waals surface area contributed by atoms with Crippen LogP contribution in [0, 0.1) is 50.2 Å². The third kappa shape index (κ3) is 14.2. The lowest BCUT2D eigenvalue weighted by molar-refractivity contribution is -0.397. The van der Waals surface area contributed by atoms with E-state index in [4.69, 9.17) is 66.3 Å². The summed E-state index contributed by atoms with van der Waals surface area (Å²) in [5.41, 5.74) is -3.42. The molecule has 0 unspecified atom stereocenters. The van der Waals surface area contributed by atoms with Crippen LogP contribution in [-0.2, 0) is 80.7 Å². The maximum atomic E-state index is 15.9. The lowest BCUT2D eigenvalue weighted by atomic mass is 9.33. The molecule has 0 spiro atoms. The summed E-state index contributed by atoms with van der Waals surface area (Å²) in [7, 11) is 0. The Morgan fingerprint density at radius 2 is 1.00 bits per heavy atom. The molecule has 606 valence electrons. The smallest absolute Gasteiger partial charge is 0.335 e. The number of rotatable bonds is 18. The number of aliphatic hydroxyl groups excluding tert-OH is 18. The van der Waals surface area contributed by atoms with Gasteiger partial charge in [0.15, 0.2) is 49.9 Å². The first kappa shape index (κ1) is 82.6. The van der Waals surface area contributed by atoms with Crippen molar-refractivity contribution in [3.8, 4) is 0 Å². The van der Waals surface area contributed by atoms with Gasteiger partial charge in [0.2, 0.25) is 6.29 Å². The van der Waals surface area contributed by atoms with Gasteiger partial charge in [-0.3, -0.25) is 4.79 Å². The van der Waals surface area contributed by atoms with Crippen LogP contribution >= 0.6 is 0 Å². The number of carbonyl (C=O) groups is 3. The molecule has 0 aromatic rings. The normalized spacial score (nSPS) is 54.7. The lowest BCUT2D eigenvalue weighted by Gasteiger charge is -2.71. The molecule has 0 aromatic heterocycles. The fourth-order valence-corrected chi connectivity index (χ4v) is 20.2. The Morgan fingerprint density at radius 1 is 0.481 bits per heavy atom. The van der Waals surface area contributed by atoms with E-state index in [0.29, 0.717) is 57.8 Å². The maximum absolute atomic E-state index is 15.9. The highest BCUT2D eigenvalue weighted by Gasteiger charge is 2.72. The molecule has 0 bridgehead atoms. The van der Waals surface area contributed by atoms with Crippen LogP contribution in [-0.4, -0.2) is 351 Å². The van der Waals surface area contributed by atoms with E-state index >= 15 is 4.79 Å². The molecule has 7 saturated heterocycles. The van der Waals surface area contributed by atoms with E-state index in [9.17, 15) is 107 Å². The van der Waals surface area contributed by atoms with Crippen molar-refractivity contribution >= 4 is 18.2 Å². The first-order chi connectivity index (χ1) is 49.8. The Balaban J connectivity index is 0.788. The summed E-state index contributed by atoms with van der Waals surface area (Å²) in [6.07, 6.45) is -53.2. The zero-order valence-corrected chi connectivity index (χ0v) is 60.4. The Kier molecular flexibility index (Phi) is 24.3. The van der Waals surface area contributed by atoms with Gasteiger partial charge < -0.3 is 168 Å². The fraction of sp³-hybridized carbons (Fsp3) is 0.929. The van der Waals surface area contributed by atoms with Gasteiger partial charge in [0.25, 0.3) is 0 Å². The Bertz CT molecular complexity index is 3100. The zero-order valence-electron chi connectivity index (χ0n) is 60.4. The highest BCUT2D eigenvalue weighted by molar-refractivity contribution is 5.79. The molecule has 19 N–H and O–H groups in total. The number of carbonyl (C=O) groups excluding carboxylic acids is 2. The molecule has 0 amide bonds. The van der Waals surface area contributed by atoms with Crippen LogP contribution in [0.2, 0.25) is 0 Å². The van der Waals surface area contributed by atoms with Crippen molar-refractivity contribution in [1.29, 1.82) is 0 Å². The van der Waals surface area contributed by atoms with Crippen LogP contribution in [0.1, 0.15) is 120 Å². The number of fused-ring (bicyclic) bond motifs is 7. The maximum Gasteiger partial charge on any atom is 0.335 e. The van der Waals surface area contributed by atoms with Gasteiger partial charge in [-0.05, 0) is 117 Å². The first-order valence-electron chi connectivity index (χ1n) is 36.9. The molecular weight excluding hydrogens is 1420 g/mol. The summed E-state index contributed by atoms with van der Waals surface area (Å²) in [5, 5.41) is 207. The van der Waals surface area contributed by atoms with Crippen molar-refractivity contribution in [3.63, 3.8) is 0 Å². The summed E-state index contributed by atoms with van der Waals surface area (Å²) < 4.78 is 84.3. The lowest BCUT2D eigenvalue weighted by Crippen LogP contribution is -2.68. The zero-order chi connectivity index (χ0) is 77.3. The third-order valence-electron chi connectivity index (χ3n) is 26.8. The van der Waals surface area contributed by atoms with Crippen LogP contribution in [0.25, 0.3) is 0 Å². The van der Waals surface area contributed by atoms with Gasteiger partial charge in [0, 0.05) is 0 Å². The van der Waals surface area contributed by atoms with Crippen molar-refractivity contribution in [2.75, 3.05) is 26.4 Å². The van der Waals surface area contributed by atoms with Gasteiger partial charge in [-0.25, -0.2) is 4.79 Å². The van der Waals surface area contributed by atoms with E-state index in [1.165, 1.54) is 13.8 Å². The number of carboxylic acid groups (broad SMARTS) is 1. The van der Waals surface area contributed by atoms with Gasteiger partial charge >= 0.3 is 11.9 Å². The molecule has 11 fully saturated rings. The predicted molar refractivity (Wildman–Crippen MR) is 347 cm³/mol. The van der Waals surface area contributed by atoms with E-state index in [1.54, 1.807) is 6.92 Å². The van der Waals surface area contributed by atoms with E-state index in [2.05, 4.69) is 40.7 Å². The predicted octanol–water partition coefficient (Wildman–Crippen LogP) is -5.96. The highest BCUT2D eigenvalue weighted by Crippen LogP contribution is 2.76. The first-order valence-corrected chi connectivity index (χ1v) is 36.9. The molecule has 4 saturated carbocycles. The second-order valence-corrected chi connectivity index (χ2v) is 33.5. The standard InChI is InChI=1S/C70H110O36/c1-25-36(76)42(82)54(105-61-49(89)52(102-59-46(86)40(80)38(78)31(20-71)97-59)50(26(2)96-61)100-58-48(88)51(30(75)23-94-58)101-57-45(85)37(77)29(74)22-93-57)62(95-25)106-64(92)70-17-15-65(3,4)19-28(70)27-9-10-34-66(5)13-12-35(67(6,24-73)33(66)11-14-69(34,8)68(27,7)16-18-70)99-63-55(44(84)43(83)53(103-63)56(90)91)104-60-47(87)41(81)39(79)32(21-72)98-60/h9,24-26,28-55,57-63,71-72,74-89H,10-23H2,1-8H3,(H,90,91)/t25-,26+,28+,29-,30-,31-,32-,33-,34-,35+,36+,37+,38-,39+,40+,41+,42+,43+,44+,45-,46-,47-,48-,49-,50+,51+,52+,53+,54-,55-,57+,58+,59+,60+,61+,62+,63-,66+,67+,68-,69-,70+/m1/s1. The minimum atomic E-state index is -2.15. The average molecular weight is 1530 g/mol. The Morgan fingerprint density at radius 3 is 1.60 bits per heavy atom. The van der Waals surface area contributed by atoms with Crippen LogP contribution in [0.15, 0.2) is 11.6 Å². The SMILES string of the molecule is C[C@@H]1O[C@@H](O[C@H]2[C@H](OC(=O)[C@]34CCC(C)(C)C[C@H]3C3=CC[C@@H]5[C@@]6(C)CC[C@H](O[C@@H]7O[C@H](C(=O)O)[C@@H](O)[C@H](O)[C@H]7O[C@@H]7O[C@H](CO)[C@H](O)[C@H](O)[C@H]7O)[C@@](C)(C=O)[C@@H]6CC[C@@]5(C)[C@]3(C)CC4)O[C@H](C)[C@H](O)[C@@H]2O)[C@H](O)[C@H](O[C@@H]2O[C@H](CO)[C@@H](O)[C@H](O)[C@H]2O)[C@H]1O[C@@H]1OC[C@@H](O)[C@H](O[C@@H]2OC[C@@H](O)[C@H](O)[C@H]2O)[C@H]1O. The molecule has 0 radical (unpaired) electrons. The number of hydrogen-bond donors (Lipinski definition) is 19. The molecule has 12 aliphatic rings. The molecule has 7 aliphatic heterocycles. The number of aliphatic hydroxyl groups is 18. The second-order valence-electron chi connectivity index (χ2n) is 33.5. The van der Waals surface area contributed by atoms with Gasteiger partial charge in [-0.1, -0.05) is 53.2 Å². The van der Waals surface area contributed by atoms with Gasteiger partial charge in [0.1, 0.15) is 141 Å². The number of ether oxygens (including phenoxy) is 14. The van der Waals surface area contributed by atoms with Gasteiger partial charge in [-0.15, -0.1) is 0 Å². The molecule has 36 heteroatoms. The van der Waals surface area contributed by atoms with E-state index in [1.807, 2.05) is 0 Å². The van der Waals surface area contributed by atoms with Crippen LogP contribution in [0.5, 0.6) is 0 Å². The molecule has 5 aliphatic carbocycles. The van der Waals surface area contributed by atoms with Crippen molar-refractivity contribution in [3.05, 3.63) is 11.6 Å². The summed E-state index contributed by atoms with van der Waals surface area (Å²) >= 11 is 0. The average Bonchev–Trinajstić information content (AvgIpc) is 0.673. The third-order valence-corrected chi connectivity index (χ3v) is 26.8. The summed E-state index contributed by atoms with van der Waals surface area (Å²) in [4.78, 5) is 42.4. The minimum Gasteiger partial charge on any atom is -0.479 e. The van der Waals surface area contributed by atoms with Gasteiger partial charge in [0.05, 0.1) is 55.6 Å². The topological polar surface area (TPSA) is 565 Å². The summed E-state index contributed by atoms with van der Waals surface area (Å²) in [5.74, 6) is -3.26. The summed E-state index contributed by atoms with van der Waals surface area (Å²) in [6, 6.07) is 0. The van der Waals surface area contributed by atoms with Crippen molar-refractivity contribution in [2.45, 2.75) is 328 Å². The monoisotopic (exact) mass is 1530 g/mol. The van der Waals surface area contributed by atoms with Crippen LogP contribution < -0.4 is 0 Å². The highest BCUT2D eigenvalue weighted by atomic mass is 16.8. The summed E-state index contributed by atoms with van der Waals surface area (Å²) in [6.45, 7) is 12.7. The Hall–Kier alpha value is -2.89. The molecule has 0 aromatic carbocycles. The molecule has 7 heterocycles. The van der Waals surface area contributed by atoms with Crippen LogP contribution in [0.3, 0.4) is 0 Å². The van der Waals surface area contributed by atoms with Crippen molar-refractivity contribution in [2.24, 2.45) is 50.2 Å². The number of carboxylic acids is 1. The number of allylic oxidation sites excluding steroid dienone is 2. The van der Waals surface area contributed by atoms with Crippen LogP contribution in [0.4, 0.5) is 0 Å². The molecule has 106 heavy (non-hydrogen) atoms. The molecule has 42 atom stereocenters. The molecule has 36 nitrogen and oxygen atoms in total. The Labute approximate surface area is 610 Å². The number of hydrogen-bond acceptors (Lipinski definition) is 35. The molecule has 12 rings (SSSR count). The van der Waals surface area contributed by atoms with E-state index in [0.717, 1.165) is 11.9 Å². The molecular formula is C70H110O36. The van der Waals surface area contributed by atoms with Gasteiger partial charge in [-0.2, -0.15) is 0 Å². The number of aliphatic carboxylic acids is 1. The van der Waals surface area contributed by atoms with Crippen molar-refractivity contribution < 1.29 is 178 Å². The van der Waals surface area contributed by atoms with E-state index in [-0.39, 0.29) is 23.7 Å². The largest absolute Gasteiger partial charge is 0.479 e. The second kappa shape index (κ2) is 31.1. The van der Waals surface area contributed by atoms with Crippen molar-refractivity contribution in [1.82, 2.24) is 0 Å². The fourth-order valence-electron chi connectivity index (χ4n) is 20.2. The minimum absolute atomic E-state index is 0.0863. The quantitative estimate of drug-likeness (QED) is 0.0263. The number of esters is 1. The number of aldehydes is 1.